The Balaban J connectivity index is 1.89. The zero-order chi connectivity index (χ0) is 13.7. The SMILES string of the molecule is CCC(NCC1CCCC(O)C1)c1cccc(Br)c1. The number of rotatable bonds is 5. The standard InChI is InChI=1S/C16H24BrNO/c1-2-16(13-6-4-7-14(17)10-13)18-11-12-5-3-8-15(19)9-12/h4,6-7,10,12,15-16,18-19H,2-3,5,8-9,11H2,1H3. The molecule has 3 heteroatoms. The highest BCUT2D eigenvalue weighted by atomic mass is 79.9. The highest BCUT2D eigenvalue weighted by Crippen LogP contribution is 2.25. The van der Waals surface area contributed by atoms with Gasteiger partial charge in [0.15, 0.2) is 0 Å². The summed E-state index contributed by atoms with van der Waals surface area (Å²) in [5.74, 6) is 0.630. The Labute approximate surface area is 124 Å². The monoisotopic (exact) mass is 325 g/mol. The number of benzene rings is 1. The van der Waals surface area contributed by atoms with E-state index in [-0.39, 0.29) is 6.10 Å². The molecule has 0 heterocycles. The summed E-state index contributed by atoms with van der Waals surface area (Å²) in [4.78, 5) is 0. The first-order valence-corrected chi connectivity index (χ1v) is 8.15. The van der Waals surface area contributed by atoms with Gasteiger partial charge in [0.05, 0.1) is 6.10 Å². The maximum atomic E-state index is 9.72. The van der Waals surface area contributed by atoms with Gasteiger partial charge in [0, 0.05) is 10.5 Å². The lowest BCUT2D eigenvalue weighted by Gasteiger charge is -2.28. The Morgan fingerprint density at radius 1 is 1.42 bits per heavy atom. The van der Waals surface area contributed by atoms with Gasteiger partial charge in [-0.1, -0.05) is 41.4 Å². The molecular formula is C16H24BrNO. The van der Waals surface area contributed by atoms with Crippen LogP contribution in [0, 0.1) is 5.92 Å². The molecule has 19 heavy (non-hydrogen) atoms. The number of aliphatic hydroxyl groups is 1. The van der Waals surface area contributed by atoms with Crippen molar-refractivity contribution in [1.82, 2.24) is 5.32 Å². The molecular weight excluding hydrogens is 302 g/mol. The molecule has 0 radical (unpaired) electrons. The third-order valence-electron chi connectivity index (χ3n) is 4.07. The Bertz CT molecular complexity index is 396. The van der Waals surface area contributed by atoms with Crippen LogP contribution in [0.25, 0.3) is 0 Å². The van der Waals surface area contributed by atoms with Crippen LogP contribution in [-0.4, -0.2) is 17.8 Å². The summed E-state index contributed by atoms with van der Waals surface area (Å²) in [6, 6.07) is 8.94. The first-order valence-electron chi connectivity index (χ1n) is 7.36. The largest absolute Gasteiger partial charge is 0.393 e. The number of hydrogen-bond donors (Lipinski definition) is 2. The normalized spacial score (nSPS) is 25.2. The van der Waals surface area contributed by atoms with Gasteiger partial charge in [0.2, 0.25) is 0 Å². The van der Waals surface area contributed by atoms with Gasteiger partial charge in [-0.3, -0.25) is 0 Å². The number of nitrogens with one attached hydrogen (secondary N) is 1. The van der Waals surface area contributed by atoms with Crippen LogP contribution in [0.15, 0.2) is 28.7 Å². The van der Waals surface area contributed by atoms with E-state index in [1.807, 2.05) is 0 Å². The molecule has 1 fully saturated rings. The summed E-state index contributed by atoms with van der Waals surface area (Å²) >= 11 is 3.53. The topological polar surface area (TPSA) is 32.3 Å². The molecule has 0 aliphatic heterocycles. The van der Waals surface area contributed by atoms with Crippen LogP contribution in [0.4, 0.5) is 0 Å². The van der Waals surface area contributed by atoms with Gasteiger partial charge < -0.3 is 10.4 Å². The van der Waals surface area contributed by atoms with E-state index in [2.05, 4.69) is 52.4 Å². The highest BCUT2D eigenvalue weighted by Gasteiger charge is 2.21. The first kappa shape index (κ1) is 15.0. The Hall–Kier alpha value is -0.380. The van der Waals surface area contributed by atoms with E-state index in [0.717, 1.165) is 30.3 Å². The molecule has 1 saturated carbocycles. The van der Waals surface area contributed by atoms with Crippen molar-refractivity contribution in [2.75, 3.05) is 6.54 Å². The minimum atomic E-state index is -0.0773. The highest BCUT2D eigenvalue weighted by molar-refractivity contribution is 9.10. The molecule has 0 saturated heterocycles. The van der Waals surface area contributed by atoms with Crippen LogP contribution >= 0.6 is 15.9 Å². The van der Waals surface area contributed by atoms with E-state index in [1.165, 1.54) is 18.4 Å². The van der Waals surface area contributed by atoms with Crippen LogP contribution in [-0.2, 0) is 0 Å². The number of hydrogen-bond acceptors (Lipinski definition) is 2. The zero-order valence-corrected chi connectivity index (χ0v) is 13.2. The minimum Gasteiger partial charge on any atom is -0.393 e. The van der Waals surface area contributed by atoms with Crippen molar-refractivity contribution >= 4 is 15.9 Å². The molecule has 3 atom stereocenters. The molecule has 0 spiro atoms. The molecule has 0 bridgehead atoms. The second-order valence-electron chi connectivity index (χ2n) is 5.61. The summed E-state index contributed by atoms with van der Waals surface area (Å²) in [6.45, 7) is 3.23. The molecule has 2 N–H and O–H groups in total. The summed E-state index contributed by atoms with van der Waals surface area (Å²) in [7, 11) is 0. The molecule has 3 unspecified atom stereocenters. The van der Waals surface area contributed by atoms with Gasteiger partial charge in [-0.25, -0.2) is 0 Å². The fraction of sp³-hybridized carbons (Fsp3) is 0.625. The van der Waals surface area contributed by atoms with Crippen LogP contribution in [0.1, 0.15) is 50.6 Å². The quantitative estimate of drug-likeness (QED) is 0.856. The van der Waals surface area contributed by atoms with Crippen LogP contribution in [0.5, 0.6) is 0 Å². The van der Waals surface area contributed by atoms with E-state index in [9.17, 15) is 5.11 Å². The maximum Gasteiger partial charge on any atom is 0.0543 e. The predicted molar refractivity (Wildman–Crippen MR) is 83.1 cm³/mol. The van der Waals surface area contributed by atoms with Crippen molar-refractivity contribution in [3.8, 4) is 0 Å². The Morgan fingerprint density at radius 3 is 2.95 bits per heavy atom. The molecule has 0 amide bonds. The smallest absolute Gasteiger partial charge is 0.0543 e. The second kappa shape index (κ2) is 7.41. The molecule has 1 aliphatic rings. The molecule has 0 aromatic heterocycles. The third-order valence-corrected chi connectivity index (χ3v) is 4.56. The molecule has 106 valence electrons. The second-order valence-corrected chi connectivity index (χ2v) is 6.53. The van der Waals surface area contributed by atoms with Gasteiger partial charge in [-0.2, -0.15) is 0 Å². The molecule has 2 rings (SSSR count). The van der Waals surface area contributed by atoms with Gasteiger partial charge in [0.25, 0.3) is 0 Å². The Morgan fingerprint density at radius 2 is 2.26 bits per heavy atom. The molecule has 2 nitrogen and oxygen atoms in total. The van der Waals surface area contributed by atoms with Crippen molar-refractivity contribution in [3.63, 3.8) is 0 Å². The minimum absolute atomic E-state index is 0.0773. The molecule has 1 aromatic rings. The lowest BCUT2D eigenvalue weighted by atomic mass is 9.87. The average Bonchev–Trinajstić information content (AvgIpc) is 2.40. The van der Waals surface area contributed by atoms with Crippen LogP contribution in [0.2, 0.25) is 0 Å². The van der Waals surface area contributed by atoms with Crippen molar-refractivity contribution in [3.05, 3.63) is 34.3 Å². The van der Waals surface area contributed by atoms with Gasteiger partial charge >= 0.3 is 0 Å². The van der Waals surface area contributed by atoms with E-state index in [4.69, 9.17) is 0 Å². The van der Waals surface area contributed by atoms with Crippen molar-refractivity contribution in [2.45, 2.75) is 51.2 Å². The van der Waals surface area contributed by atoms with Gasteiger partial charge in [-0.15, -0.1) is 0 Å². The van der Waals surface area contributed by atoms with E-state index in [1.54, 1.807) is 0 Å². The van der Waals surface area contributed by atoms with E-state index >= 15 is 0 Å². The lowest BCUT2D eigenvalue weighted by molar-refractivity contribution is 0.0995. The van der Waals surface area contributed by atoms with Crippen molar-refractivity contribution in [1.29, 1.82) is 0 Å². The number of halogens is 1. The van der Waals surface area contributed by atoms with E-state index < -0.39 is 0 Å². The average molecular weight is 326 g/mol. The fourth-order valence-corrected chi connectivity index (χ4v) is 3.40. The summed E-state index contributed by atoms with van der Waals surface area (Å²) in [6.07, 6.45) is 5.37. The third kappa shape index (κ3) is 4.59. The summed E-state index contributed by atoms with van der Waals surface area (Å²) < 4.78 is 1.14. The summed E-state index contributed by atoms with van der Waals surface area (Å²) in [5, 5.41) is 13.4. The van der Waals surface area contributed by atoms with E-state index in [0.29, 0.717) is 12.0 Å². The van der Waals surface area contributed by atoms with Gasteiger partial charge in [0.1, 0.15) is 0 Å². The van der Waals surface area contributed by atoms with Crippen LogP contribution in [0.3, 0.4) is 0 Å². The van der Waals surface area contributed by atoms with Crippen molar-refractivity contribution < 1.29 is 5.11 Å². The molecule has 1 aromatic carbocycles. The maximum absolute atomic E-state index is 9.72. The zero-order valence-electron chi connectivity index (χ0n) is 11.6. The van der Waals surface area contributed by atoms with Crippen molar-refractivity contribution in [2.24, 2.45) is 5.92 Å². The number of aliphatic hydroxyl groups excluding tert-OH is 1. The van der Waals surface area contributed by atoms with Gasteiger partial charge in [-0.05, 0) is 55.8 Å². The summed E-state index contributed by atoms with van der Waals surface area (Å²) in [5.41, 5.74) is 1.34. The first-order chi connectivity index (χ1) is 9.19. The molecule has 1 aliphatic carbocycles. The Kier molecular flexibility index (Phi) is 5.86. The predicted octanol–water partition coefficient (Wildman–Crippen LogP) is 4.04. The van der Waals surface area contributed by atoms with Crippen LogP contribution < -0.4 is 5.32 Å². The fourth-order valence-electron chi connectivity index (χ4n) is 2.98. The lowest BCUT2D eigenvalue weighted by Crippen LogP contribution is -2.31.